The number of nitriles is 1. The molecule has 0 spiro atoms. The quantitative estimate of drug-likeness (QED) is 0.506. The number of allylic oxidation sites excluding steroid dienone is 2. The number of aromatic nitrogens is 5. The molecular formula is C23H27N9O. The normalized spacial score (nSPS) is 19.0. The highest BCUT2D eigenvalue weighted by Crippen LogP contribution is 2.34. The minimum Gasteiger partial charge on any atom is -0.476 e. The smallest absolute Gasteiger partial charge is 0.221 e. The Hall–Kier alpha value is -3.97. The molecule has 33 heavy (non-hydrogen) atoms. The number of ether oxygens (including phenoxy) is 1. The van der Waals surface area contributed by atoms with Crippen molar-refractivity contribution in [1.29, 1.82) is 5.26 Å². The maximum atomic E-state index is 9.47. The number of pyridine rings is 1. The second-order valence-electron chi connectivity index (χ2n) is 8.04. The van der Waals surface area contributed by atoms with E-state index in [0.29, 0.717) is 36.9 Å². The molecule has 0 fully saturated rings. The van der Waals surface area contributed by atoms with Gasteiger partial charge in [-0.2, -0.15) is 15.5 Å². The third-order valence-electron chi connectivity index (χ3n) is 5.71. The van der Waals surface area contributed by atoms with Crippen molar-refractivity contribution >= 4 is 22.7 Å². The first-order chi connectivity index (χ1) is 15.8. The van der Waals surface area contributed by atoms with Gasteiger partial charge in [-0.3, -0.25) is 20.0 Å². The number of hydrogen-bond acceptors (Lipinski definition) is 8. The Bertz CT molecular complexity index is 1350. The Morgan fingerprint density at radius 2 is 2.06 bits per heavy atom. The molecule has 0 aliphatic carbocycles. The van der Waals surface area contributed by atoms with Gasteiger partial charge in [0.25, 0.3) is 0 Å². The number of nitrogens with zero attached hydrogens (tertiary/aromatic N) is 7. The van der Waals surface area contributed by atoms with Crippen LogP contribution in [0.25, 0.3) is 28.2 Å². The van der Waals surface area contributed by atoms with Crippen LogP contribution in [0.4, 0.5) is 0 Å². The lowest BCUT2D eigenvalue weighted by atomic mass is 10.0. The first-order valence-corrected chi connectivity index (χ1v) is 10.6. The maximum Gasteiger partial charge on any atom is 0.221 e. The Morgan fingerprint density at radius 3 is 2.79 bits per heavy atom. The van der Waals surface area contributed by atoms with E-state index in [0.717, 1.165) is 39.2 Å². The van der Waals surface area contributed by atoms with Gasteiger partial charge in [-0.25, -0.2) is 4.68 Å². The van der Waals surface area contributed by atoms with E-state index >= 15 is 0 Å². The highest BCUT2D eigenvalue weighted by molar-refractivity contribution is 6.06. The van der Waals surface area contributed by atoms with E-state index in [9.17, 15) is 5.26 Å². The molecule has 0 radical (unpaired) electrons. The molecule has 170 valence electrons. The van der Waals surface area contributed by atoms with Crippen molar-refractivity contribution in [3.8, 4) is 23.2 Å². The lowest BCUT2D eigenvalue weighted by Gasteiger charge is -2.19. The van der Waals surface area contributed by atoms with E-state index in [-0.39, 0.29) is 5.70 Å². The highest BCUT2D eigenvalue weighted by Gasteiger charge is 2.21. The number of rotatable bonds is 0. The molecular weight excluding hydrogens is 418 g/mol. The van der Waals surface area contributed by atoms with Gasteiger partial charge in [-0.1, -0.05) is 0 Å². The molecule has 0 saturated carbocycles. The summed E-state index contributed by atoms with van der Waals surface area (Å²) in [6.45, 7) is 5.47. The predicted octanol–water partition coefficient (Wildman–Crippen LogP) is 2.12. The van der Waals surface area contributed by atoms with Crippen molar-refractivity contribution < 1.29 is 4.74 Å². The first kappa shape index (κ1) is 22.2. The molecule has 3 N–H and O–H groups in total. The molecule has 4 rings (SSSR count). The summed E-state index contributed by atoms with van der Waals surface area (Å²) in [6.07, 6.45) is 3.68. The molecule has 1 aliphatic heterocycles. The number of aromatic amines is 1. The molecule has 0 amide bonds. The minimum atomic E-state index is 0.109. The molecule has 0 atom stereocenters. The SMILES string of the molecule is CN=C1CN(C)CCOc2c(c(C)nn2C)-c2cc3c([nH]nc3c(C)n2)/C=C/C1=C(/N)C#N. The van der Waals surface area contributed by atoms with Crippen molar-refractivity contribution in [2.24, 2.45) is 17.8 Å². The van der Waals surface area contributed by atoms with Crippen molar-refractivity contribution in [2.45, 2.75) is 13.8 Å². The maximum absolute atomic E-state index is 9.47. The van der Waals surface area contributed by atoms with Crippen LogP contribution in [0.3, 0.4) is 0 Å². The summed E-state index contributed by atoms with van der Waals surface area (Å²) in [5.41, 5.74) is 12.3. The van der Waals surface area contributed by atoms with Gasteiger partial charge in [0.15, 0.2) is 0 Å². The van der Waals surface area contributed by atoms with E-state index < -0.39 is 0 Å². The summed E-state index contributed by atoms with van der Waals surface area (Å²) in [6, 6.07) is 4.04. The topological polar surface area (TPSA) is 134 Å². The Balaban J connectivity index is 1.96. The molecule has 0 aromatic carbocycles. The van der Waals surface area contributed by atoms with Crippen molar-refractivity contribution in [1.82, 2.24) is 29.9 Å². The number of likely N-dealkylation sites (N-methyl/N-ethyl adjacent to an activating group) is 1. The van der Waals surface area contributed by atoms with Gasteiger partial charge < -0.3 is 10.5 Å². The summed E-state index contributed by atoms with van der Waals surface area (Å²) in [7, 11) is 5.53. The fraction of sp³-hybridized carbons (Fsp3) is 0.348. The Morgan fingerprint density at radius 1 is 1.27 bits per heavy atom. The van der Waals surface area contributed by atoms with E-state index in [2.05, 4.69) is 25.2 Å². The van der Waals surface area contributed by atoms with Gasteiger partial charge in [-0.05, 0) is 39.1 Å². The highest BCUT2D eigenvalue weighted by atomic mass is 16.5. The second kappa shape index (κ2) is 8.88. The molecule has 10 heteroatoms. The van der Waals surface area contributed by atoms with Crippen LogP contribution in [-0.4, -0.2) is 69.4 Å². The van der Waals surface area contributed by atoms with Crippen LogP contribution >= 0.6 is 0 Å². The van der Waals surface area contributed by atoms with Crippen LogP contribution < -0.4 is 10.5 Å². The van der Waals surface area contributed by atoms with E-state index in [1.165, 1.54) is 0 Å². The fourth-order valence-corrected chi connectivity index (χ4v) is 4.02. The van der Waals surface area contributed by atoms with Crippen LogP contribution in [0.1, 0.15) is 17.1 Å². The summed E-state index contributed by atoms with van der Waals surface area (Å²) in [5.74, 6) is 0.668. The van der Waals surface area contributed by atoms with Crippen LogP contribution in [-0.2, 0) is 7.05 Å². The Labute approximate surface area is 192 Å². The molecule has 4 heterocycles. The number of nitrogens with two attached hydrogens (primary N) is 1. The Kier molecular flexibility index (Phi) is 5.98. The summed E-state index contributed by atoms with van der Waals surface area (Å²) >= 11 is 0. The van der Waals surface area contributed by atoms with Gasteiger partial charge in [-0.15, -0.1) is 0 Å². The average molecular weight is 446 g/mol. The van der Waals surface area contributed by atoms with Crippen molar-refractivity contribution in [3.63, 3.8) is 0 Å². The van der Waals surface area contributed by atoms with Crippen LogP contribution in [0.5, 0.6) is 5.88 Å². The average Bonchev–Trinajstić information content (AvgIpc) is 3.32. The van der Waals surface area contributed by atoms with Gasteiger partial charge in [0, 0.05) is 38.1 Å². The van der Waals surface area contributed by atoms with Gasteiger partial charge in [0.2, 0.25) is 5.88 Å². The zero-order valence-electron chi connectivity index (χ0n) is 19.5. The van der Waals surface area contributed by atoms with Crippen molar-refractivity contribution in [3.05, 3.63) is 40.5 Å². The van der Waals surface area contributed by atoms with Crippen LogP contribution in [0, 0.1) is 25.2 Å². The second-order valence-corrected chi connectivity index (χ2v) is 8.04. The van der Waals surface area contributed by atoms with E-state index in [1.807, 2.05) is 52.2 Å². The zero-order valence-corrected chi connectivity index (χ0v) is 19.5. The summed E-state index contributed by atoms with van der Waals surface area (Å²) < 4.78 is 7.93. The van der Waals surface area contributed by atoms with Gasteiger partial charge >= 0.3 is 0 Å². The molecule has 2 bridgehead atoms. The number of hydrogen-bond donors (Lipinski definition) is 2. The van der Waals surface area contributed by atoms with Gasteiger partial charge in [0.05, 0.1) is 34.1 Å². The third-order valence-corrected chi connectivity index (χ3v) is 5.71. The molecule has 0 unspecified atom stereocenters. The summed E-state index contributed by atoms with van der Waals surface area (Å²) in [5, 5.41) is 22.5. The monoisotopic (exact) mass is 445 g/mol. The summed E-state index contributed by atoms with van der Waals surface area (Å²) in [4.78, 5) is 11.3. The van der Waals surface area contributed by atoms with E-state index in [1.54, 1.807) is 11.7 Å². The van der Waals surface area contributed by atoms with Gasteiger partial charge in [0.1, 0.15) is 23.9 Å². The molecule has 1 aliphatic rings. The molecule has 0 saturated heterocycles. The number of H-pyrrole nitrogens is 1. The first-order valence-electron chi connectivity index (χ1n) is 10.6. The number of fused-ring (bicyclic) bond motifs is 3. The van der Waals surface area contributed by atoms with Crippen LogP contribution in [0.15, 0.2) is 28.4 Å². The standard InChI is InChI=1S/C23H27N9O/c1-13-21-19-10-16-18(28-29-22(16)14(2)27-19)7-6-15(17(25)11-24)20(26-3)12-31(4)8-9-33-23(21)32(5)30-13/h6-7,10H,8-9,12,25H2,1-5H3,(H,28,29)/b7-6+,17-15-,26-20?. The minimum absolute atomic E-state index is 0.109. The predicted molar refractivity (Wildman–Crippen MR) is 128 cm³/mol. The van der Waals surface area contributed by atoms with Crippen molar-refractivity contribution in [2.75, 3.05) is 33.8 Å². The third kappa shape index (κ3) is 4.10. The van der Waals surface area contributed by atoms with Crippen LogP contribution in [0.2, 0.25) is 0 Å². The zero-order chi connectivity index (χ0) is 23.7. The number of aliphatic imine (C=N–C) groups is 1. The fourth-order valence-electron chi connectivity index (χ4n) is 4.02. The molecule has 10 nitrogen and oxygen atoms in total. The molecule has 3 aromatic heterocycles. The van der Waals surface area contributed by atoms with E-state index in [4.69, 9.17) is 15.5 Å². The number of aryl methyl sites for hydroxylation is 3. The largest absolute Gasteiger partial charge is 0.476 e. The lowest BCUT2D eigenvalue weighted by Crippen LogP contribution is -2.31. The molecule has 3 aromatic rings. The lowest BCUT2D eigenvalue weighted by molar-refractivity contribution is 0.238. The number of nitrogens with one attached hydrogen (secondary N) is 1.